The zero-order valence-electron chi connectivity index (χ0n) is 11.1. The van der Waals surface area contributed by atoms with Crippen molar-refractivity contribution in [3.63, 3.8) is 0 Å². The van der Waals surface area contributed by atoms with Crippen LogP contribution in [-0.4, -0.2) is 22.7 Å². The van der Waals surface area contributed by atoms with E-state index >= 15 is 0 Å². The molecule has 0 atom stereocenters. The van der Waals surface area contributed by atoms with E-state index in [2.05, 4.69) is 35.1 Å². The first-order chi connectivity index (χ1) is 8.74. The number of aromatic nitrogens is 2. The van der Waals surface area contributed by atoms with Gasteiger partial charge in [-0.25, -0.2) is 4.98 Å². The molecule has 1 aliphatic carbocycles. The van der Waals surface area contributed by atoms with Crippen molar-refractivity contribution < 1.29 is 4.74 Å². The average molecular weight is 244 g/mol. The first-order valence-corrected chi connectivity index (χ1v) is 6.77. The topological polar surface area (TPSA) is 37.9 Å². The summed E-state index contributed by atoms with van der Waals surface area (Å²) in [4.78, 5) is 8.10. The molecule has 0 radical (unpaired) electrons. The number of methoxy groups -OCH3 is 1. The first-order valence-electron chi connectivity index (χ1n) is 6.77. The molecule has 96 valence electrons. The van der Waals surface area contributed by atoms with Gasteiger partial charge >= 0.3 is 0 Å². The molecule has 3 nitrogen and oxygen atoms in total. The Labute approximate surface area is 108 Å². The van der Waals surface area contributed by atoms with Crippen molar-refractivity contribution in [2.75, 3.05) is 7.11 Å². The smallest absolute Gasteiger partial charge is 0.110 e. The fraction of sp³-hybridized carbons (Fsp3) is 0.533. The molecule has 1 saturated carbocycles. The van der Waals surface area contributed by atoms with Gasteiger partial charge in [0, 0.05) is 13.5 Å². The lowest BCUT2D eigenvalue weighted by molar-refractivity contribution is -0.0719. The maximum absolute atomic E-state index is 5.66. The van der Waals surface area contributed by atoms with Crippen molar-refractivity contribution in [2.45, 2.75) is 44.6 Å². The van der Waals surface area contributed by atoms with Gasteiger partial charge in [0.1, 0.15) is 5.82 Å². The van der Waals surface area contributed by atoms with Crippen LogP contribution in [0.25, 0.3) is 11.0 Å². The van der Waals surface area contributed by atoms with Crippen LogP contribution in [-0.2, 0) is 17.6 Å². The fourth-order valence-corrected chi connectivity index (χ4v) is 2.74. The van der Waals surface area contributed by atoms with Gasteiger partial charge in [0.25, 0.3) is 0 Å². The van der Waals surface area contributed by atoms with E-state index in [-0.39, 0.29) is 5.60 Å². The third-order valence-electron chi connectivity index (χ3n) is 4.19. The molecule has 1 aliphatic rings. The lowest BCUT2D eigenvalue weighted by Gasteiger charge is -2.39. The van der Waals surface area contributed by atoms with Crippen molar-refractivity contribution >= 4 is 11.0 Å². The molecule has 2 aromatic rings. The van der Waals surface area contributed by atoms with Crippen LogP contribution in [0.5, 0.6) is 0 Å². The molecule has 0 saturated heterocycles. The number of rotatable bonds is 4. The monoisotopic (exact) mass is 244 g/mol. The normalized spacial score (nSPS) is 17.9. The van der Waals surface area contributed by atoms with E-state index in [4.69, 9.17) is 4.74 Å². The van der Waals surface area contributed by atoms with Crippen LogP contribution >= 0.6 is 0 Å². The average Bonchev–Trinajstić information content (AvgIpc) is 2.74. The van der Waals surface area contributed by atoms with E-state index < -0.39 is 0 Å². The number of nitrogens with zero attached hydrogens (tertiary/aromatic N) is 1. The number of aromatic amines is 1. The molecule has 1 aromatic carbocycles. The predicted octanol–water partition coefficient (Wildman–Crippen LogP) is 3.24. The number of ether oxygens (including phenoxy) is 1. The van der Waals surface area contributed by atoms with Gasteiger partial charge in [0.2, 0.25) is 0 Å². The molecule has 3 rings (SSSR count). The van der Waals surface area contributed by atoms with Crippen molar-refractivity contribution in [1.29, 1.82) is 0 Å². The first kappa shape index (κ1) is 11.7. The molecule has 3 heteroatoms. The Morgan fingerprint density at radius 1 is 1.39 bits per heavy atom. The second-order valence-electron chi connectivity index (χ2n) is 5.31. The third-order valence-corrected chi connectivity index (χ3v) is 4.19. The molecule has 0 amide bonds. The van der Waals surface area contributed by atoms with Crippen LogP contribution in [0.4, 0.5) is 0 Å². The summed E-state index contributed by atoms with van der Waals surface area (Å²) in [6, 6.07) is 6.46. The quantitative estimate of drug-likeness (QED) is 0.896. The Kier molecular flexibility index (Phi) is 2.86. The highest BCUT2D eigenvalue weighted by Crippen LogP contribution is 2.37. The molecule has 0 bridgehead atoms. The summed E-state index contributed by atoms with van der Waals surface area (Å²) < 4.78 is 5.66. The van der Waals surface area contributed by atoms with Crippen LogP contribution in [0.15, 0.2) is 18.2 Å². The summed E-state index contributed by atoms with van der Waals surface area (Å²) in [5.74, 6) is 1.06. The minimum atomic E-state index is 0.0431. The Hall–Kier alpha value is -1.35. The van der Waals surface area contributed by atoms with Crippen molar-refractivity contribution in [2.24, 2.45) is 0 Å². The molecular weight excluding hydrogens is 224 g/mol. The van der Waals surface area contributed by atoms with E-state index in [1.165, 1.54) is 12.0 Å². The Morgan fingerprint density at radius 2 is 2.22 bits per heavy atom. The van der Waals surface area contributed by atoms with Crippen LogP contribution in [0.1, 0.15) is 37.6 Å². The highest BCUT2D eigenvalue weighted by molar-refractivity contribution is 5.75. The van der Waals surface area contributed by atoms with Gasteiger partial charge in [0.05, 0.1) is 16.6 Å². The van der Waals surface area contributed by atoms with E-state index in [9.17, 15) is 0 Å². The Balaban J connectivity index is 1.88. The van der Waals surface area contributed by atoms with Crippen molar-refractivity contribution in [3.05, 3.63) is 29.6 Å². The highest BCUT2D eigenvalue weighted by atomic mass is 16.5. The number of hydrogen-bond donors (Lipinski definition) is 1. The summed E-state index contributed by atoms with van der Waals surface area (Å²) in [6.45, 7) is 2.17. The number of fused-ring (bicyclic) bond motifs is 1. The largest absolute Gasteiger partial charge is 0.378 e. The fourth-order valence-electron chi connectivity index (χ4n) is 2.74. The van der Waals surface area contributed by atoms with Gasteiger partial charge < -0.3 is 9.72 Å². The van der Waals surface area contributed by atoms with Crippen LogP contribution in [0, 0.1) is 0 Å². The summed E-state index contributed by atoms with van der Waals surface area (Å²) in [5.41, 5.74) is 3.60. The number of hydrogen-bond acceptors (Lipinski definition) is 2. The minimum Gasteiger partial charge on any atom is -0.378 e. The number of imidazole rings is 1. The highest BCUT2D eigenvalue weighted by Gasteiger charge is 2.37. The lowest BCUT2D eigenvalue weighted by atomic mass is 9.77. The molecule has 1 aromatic heterocycles. The Morgan fingerprint density at radius 3 is 2.83 bits per heavy atom. The van der Waals surface area contributed by atoms with E-state index in [1.54, 1.807) is 0 Å². The molecule has 0 unspecified atom stereocenters. The number of benzene rings is 1. The molecule has 1 fully saturated rings. The second kappa shape index (κ2) is 4.39. The number of nitrogens with one attached hydrogen (secondary N) is 1. The maximum atomic E-state index is 5.66. The zero-order valence-corrected chi connectivity index (χ0v) is 11.1. The molecule has 0 spiro atoms. The second-order valence-corrected chi connectivity index (χ2v) is 5.31. The minimum absolute atomic E-state index is 0.0431. The van der Waals surface area contributed by atoms with Crippen LogP contribution in [0.3, 0.4) is 0 Å². The van der Waals surface area contributed by atoms with Crippen LogP contribution < -0.4 is 0 Å². The van der Waals surface area contributed by atoms with Crippen molar-refractivity contribution in [3.8, 4) is 0 Å². The van der Waals surface area contributed by atoms with Gasteiger partial charge in [0.15, 0.2) is 0 Å². The zero-order chi connectivity index (χ0) is 12.6. The van der Waals surface area contributed by atoms with Gasteiger partial charge in [-0.2, -0.15) is 0 Å². The van der Waals surface area contributed by atoms with E-state index in [0.29, 0.717) is 0 Å². The molecule has 0 aliphatic heterocycles. The summed E-state index contributed by atoms with van der Waals surface area (Å²) >= 11 is 0. The van der Waals surface area contributed by atoms with E-state index in [1.807, 2.05) is 7.11 Å². The maximum Gasteiger partial charge on any atom is 0.110 e. The summed E-state index contributed by atoms with van der Waals surface area (Å²) in [6.07, 6.45) is 5.54. The molecule has 1 N–H and O–H groups in total. The standard InChI is InChI=1S/C15H20N2O/c1-3-11-5-6-12-13(9-11)17-14(16-12)10-15(18-2)7-4-8-15/h5-6,9H,3-4,7-8,10H2,1-2H3,(H,16,17). The molecule has 1 heterocycles. The third kappa shape index (κ3) is 1.93. The van der Waals surface area contributed by atoms with Crippen LogP contribution in [0.2, 0.25) is 0 Å². The number of H-pyrrole nitrogens is 1. The molecular formula is C15H20N2O. The van der Waals surface area contributed by atoms with Gasteiger partial charge in [-0.3, -0.25) is 0 Å². The SMILES string of the molecule is CCc1ccc2nc(CC3(OC)CCC3)[nH]c2c1. The van der Waals surface area contributed by atoms with Gasteiger partial charge in [-0.15, -0.1) is 0 Å². The Bertz CT molecular complexity index is 549. The summed E-state index contributed by atoms with van der Waals surface area (Å²) in [5, 5.41) is 0. The summed E-state index contributed by atoms with van der Waals surface area (Å²) in [7, 11) is 1.82. The molecule has 18 heavy (non-hydrogen) atoms. The predicted molar refractivity (Wildman–Crippen MR) is 72.8 cm³/mol. The van der Waals surface area contributed by atoms with E-state index in [0.717, 1.165) is 42.5 Å². The van der Waals surface area contributed by atoms with Gasteiger partial charge in [-0.05, 0) is 43.4 Å². The van der Waals surface area contributed by atoms with Gasteiger partial charge in [-0.1, -0.05) is 13.0 Å². The van der Waals surface area contributed by atoms with Crippen molar-refractivity contribution in [1.82, 2.24) is 9.97 Å². The lowest BCUT2D eigenvalue weighted by Crippen LogP contribution is -2.41. The number of aryl methyl sites for hydroxylation is 1.